The summed E-state index contributed by atoms with van der Waals surface area (Å²) in [7, 11) is 0. The standard InChI is InChI=1S/C15H18N2O2/c1-12(8-11-18)16-15(19)13-4-6-14(7-5-13)17-9-2-3-10-17/h2-7,9-10,12,18H,8,11H2,1H3,(H,16,19). The number of aromatic nitrogens is 1. The Kier molecular flexibility index (Phi) is 4.36. The maximum absolute atomic E-state index is 11.9. The Balaban J connectivity index is 2.04. The molecule has 0 aliphatic carbocycles. The zero-order valence-corrected chi connectivity index (χ0v) is 10.9. The van der Waals surface area contributed by atoms with Crippen molar-refractivity contribution < 1.29 is 9.90 Å². The van der Waals surface area contributed by atoms with Crippen LogP contribution in [-0.4, -0.2) is 28.2 Å². The Morgan fingerprint density at radius 3 is 2.47 bits per heavy atom. The highest BCUT2D eigenvalue weighted by Crippen LogP contribution is 2.10. The van der Waals surface area contributed by atoms with Gasteiger partial charge in [-0.15, -0.1) is 0 Å². The molecule has 1 aromatic carbocycles. The van der Waals surface area contributed by atoms with Gasteiger partial charge in [0.05, 0.1) is 0 Å². The lowest BCUT2D eigenvalue weighted by Crippen LogP contribution is -2.33. The molecule has 4 heteroatoms. The molecule has 4 nitrogen and oxygen atoms in total. The molecule has 2 N–H and O–H groups in total. The van der Waals surface area contributed by atoms with Crippen molar-refractivity contribution in [3.63, 3.8) is 0 Å². The highest BCUT2D eigenvalue weighted by atomic mass is 16.3. The third-order valence-electron chi connectivity index (χ3n) is 2.97. The Bertz CT molecular complexity index is 518. The van der Waals surface area contributed by atoms with Crippen LogP contribution >= 0.6 is 0 Å². The summed E-state index contributed by atoms with van der Waals surface area (Å²) in [4.78, 5) is 11.9. The first-order chi connectivity index (χ1) is 9.20. The number of aliphatic hydroxyl groups is 1. The SMILES string of the molecule is CC(CCO)NC(=O)c1ccc(-n2cccc2)cc1. The second-order valence-corrected chi connectivity index (χ2v) is 4.52. The lowest BCUT2D eigenvalue weighted by Gasteiger charge is -2.12. The van der Waals surface area contributed by atoms with E-state index in [1.807, 2.05) is 48.1 Å². The highest BCUT2D eigenvalue weighted by Gasteiger charge is 2.09. The van der Waals surface area contributed by atoms with Crippen LogP contribution in [0.4, 0.5) is 0 Å². The summed E-state index contributed by atoms with van der Waals surface area (Å²) >= 11 is 0. The lowest BCUT2D eigenvalue weighted by molar-refractivity contribution is 0.0934. The molecule has 0 aliphatic heterocycles. The van der Waals surface area contributed by atoms with Crippen molar-refractivity contribution in [2.75, 3.05) is 6.61 Å². The van der Waals surface area contributed by atoms with E-state index in [2.05, 4.69) is 5.32 Å². The number of carbonyl (C=O) groups is 1. The van der Waals surface area contributed by atoms with Crippen LogP contribution in [0.15, 0.2) is 48.8 Å². The van der Waals surface area contributed by atoms with E-state index in [0.29, 0.717) is 12.0 Å². The molecule has 0 saturated heterocycles. The number of amides is 1. The molecule has 0 spiro atoms. The maximum atomic E-state index is 11.9. The van der Waals surface area contributed by atoms with Crippen LogP contribution in [0.2, 0.25) is 0 Å². The molecule has 100 valence electrons. The first-order valence-electron chi connectivity index (χ1n) is 6.36. The van der Waals surface area contributed by atoms with Gasteiger partial charge in [0.25, 0.3) is 5.91 Å². The van der Waals surface area contributed by atoms with E-state index in [0.717, 1.165) is 5.69 Å². The van der Waals surface area contributed by atoms with Gasteiger partial charge >= 0.3 is 0 Å². The van der Waals surface area contributed by atoms with Gasteiger partial charge < -0.3 is 15.0 Å². The van der Waals surface area contributed by atoms with Crippen LogP contribution in [-0.2, 0) is 0 Å². The number of hydrogen-bond acceptors (Lipinski definition) is 2. The Morgan fingerprint density at radius 1 is 1.26 bits per heavy atom. The number of nitrogens with zero attached hydrogens (tertiary/aromatic N) is 1. The highest BCUT2D eigenvalue weighted by molar-refractivity contribution is 5.94. The normalized spacial score (nSPS) is 12.1. The minimum absolute atomic E-state index is 0.0263. The number of hydrogen-bond donors (Lipinski definition) is 2. The average molecular weight is 258 g/mol. The van der Waals surface area contributed by atoms with Gasteiger partial charge in [-0.3, -0.25) is 4.79 Å². The monoisotopic (exact) mass is 258 g/mol. The largest absolute Gasteiger partial charge is 0.396 e. The number of carbonyl (C=O) groups excluding carboxylic acids is 1. The van der Waals surface area contributed by atoms with Gasteiger partial charge in [-0.05, 0) is 49.7 Å². The minimum Gasteiger partial charge on any atom is -0.396 e. The predicted molar refractivity (Wildman–Crippen MR) is 74.4 cm³/mol. The molecule has 1 aromatic heterocycles. The minimum atomic E-state index is -0.111. The molecule has 0 fully saturated rings. The molecular weight excluding hydrogens is 240 g/mol. The van der Waals surface area contributed by atoms with Crippen LogP contribution < -0.4 is 5.32 Å². The smallest absolute Gasteiger partial charge is 0.251 e. The zero-order chi connectivity index (χ0) is 13.7. The van der Waals surface area contributed by atoms with Gasteiger partial charge in [0, 0.05) is 36.3 Å². The molecule has 0 bridgehead atoms. The molecule has 1 heterocycles. The molecule has 19 heavy (non-hydrogen) atoms. The second-order valence-electron chi connectivity index (χ2n) is 4.52. The fraction of sp³-hybridized carbons (Fsp3) is 0.267. The topological polar surface area (TPSA) is 54.3 Å². The van der Waals surface area contributed by atoms with E-state index in [-0.39, 0.29) is 18.6 Å². The fourth-order valence-electron chi connectivity index (χ4n) is 1.86. The number of aliphatic hydroxyl groups excluding tert-OH is 1. The Morgan fingerprint density at radius 2 is 1.89 bits per heavy atom. The van der Waals surface area contributed by atoms with Crippen molar-refractivity contribution in [2.45, 2.75) is 19.4 Å². The van der Waals surface area contributed by atoms with Crippen molar-refractivity contribution in [3.8, 4) is 5.69 Å². The van der Waals surface area contributed by atoms with E-state index in [4.69, 9.17) is 5.11 Å². The summed E-state index contributed by atoms with van der Waals surface area (Å²) in [6, 6.07) is 11.3. The fourth-order valence-corrected chi connectivity index (χ4v) is 1.86. The molecule has 2 aromatic rings. The van der Waals surface area contributed by atoms with Gasteiger partial charge in [0.1, 0.15) is 0 Å². The molecular formula is C15H18N2O2. The Labute approximate surface area is 112 Å². The van der Waals surface area contributed by atoms with Crippen LogP contribution in [0.5, 0.6) is 0 Å². The molecule has 0 saturated carbocycles. The first-order valence-corrected chi connectivity index (χ1v) is 6.36. The molecule has 1 atom stereocenters. The predicted octanol–water partition coefficient (Wildman–Crippen LogP) is 1.98. The van der Waals surface area contributed by atoms with E-state index in [9.17, 15) is 4.79 Å². The van der Waals surface area contributed by atoms with Crippen molar-refractivity contribution in [2.24, 2.45) is 0 Å². The Hall–Kier alpha value is -2.07. The summed E-state index contributed by atoms with van der Waals surface area (Å²) in [6.07, 6.45) is 4.48. The number of benzene rings is 1. The molecule has 2 rings (SSSR count). The van der Waals surface area contributed by atoms with Crippen molar-refractivity contribution in [1.82, 2.24) is 9.88 Å². The van der Waals surface area contributed by atoms with Gasteiger partial charge in [-0.2, -0.15) is 0 Å². The van der Waals surface area contributed by atoms with E-state index in [1.54, 1.807) is 12.1 Å². The van der Waals surface area contributed by atoms with E-state index < -0.39 is 0 Å². The van der Waals surface area contributed by atoms with Gasteiger partial charge in [0.2, 0.25) is 0 Å². The average Bonchev–Trinajstić information content (AvgIpc) is 2.93. The van der Waals surface area contributed by atoms with E-state index in [1.165, 1.54) is 0 Å². The van der Waals surface area contributed by atoms with Gasteiger partial charge in [-0.25, -0.2) is 0 Å². The van der Waals surface area contributed by atoms with Crippen molar-refractivity contribution >= 4 is 5.91 Å². The quantitative estimate of drug-likeness (QED) is 0.861. The van der Waals surface area contributed by atoms with Crippen molar-refractivity contribution in [1.29, 1.82) is 0 Å². The van der Waals surface area contributed by atoms with Crippen molar-refractivity contribution in [3.05, 3.63) is 54.4 Å². The molecule has 0 aliphatic rings. The van der Waals surface area contributed by atoms with Crippen LogP contribution in [0, 0.1) is 0 Å². The third kappa shape index (κ3) is 3.45. The zero-order valence-electron chi connectivity index (χ0n) is 10.9. The van der Waals surface area contributed by atoms with Gasteiger partial charge in [0.15, 0.2) is 0 Å². The van der Waals surface area contributed by atoms with Crippen LogP contribution in [0.3, 0.4) is 0 Å². The molecule has 1 unspecified atom stereocenters. The van der Waals surface area contributed by atoms with Crippen LogP contribution in [0.1, 0.15) is 23.7 Å². The summed E-state index contributed by atoms with van der Waals surface area (Å²) in [6.45, 7) is 1.95. The molecule has 0 radical (unpaired) electrons. The summed E-state index contributed by atoms with van der Waals surface area (Å²) in [5.41, 5.74) is 1.64. The summed E-state index contributed by atoms with van der Waals surface area (Å²) < 4.78 is 1.98. The summed E-state index contributed by atoms with van der Waals surface area (Å²) in [5.74, 6) is -0.111. The number of nitrogens with one attached hydrogen (secondary N) is 1. The number of rotatable bonds is 5. The first kappa shape index (κ1) is 13.4. The van der Waals surface area contributed by atoms with Crippen LogP contribution in [0.25, 0.3) is 5.69 Å². The third-order valence-corrected chi connectivity index (χ3v) is 2.97. The van der Waals surface area contributed by atoms with E-state index >= 15 is 0 Å². The maximum Gasteiger partial charge on any atom is 0.251 e. The lowest BCUT2D eigenvalue weighted by atomic mass is 10.1. The summed E-state index contributed by atoms with van der Waals surface area (Å²) in [5, 5.41) is 11.7. The second kappa shape index (κ2) is 6.20. The molecule has 1 amide bonds. The van der Waals surface area contributed by atoms with Gasteiger partial charge in [-0.1, -0.05) is 0 Å².